The smallest absolute Gasteiger partial charge is 0.254 e. The summed E-state index contributed by atoms with van der Waals surface area (Å²) in [5.74, 6) is 1.24. The van der Waals surface area contributed by atoms with Crippen LogP contribution in [0.25, 0.3) is 10.9 Å². The van der Waals surface area contributed by atoms with Gasteiger partial charge >= 0.3 is 0 Å². The Labute approximate surface area is 124 Å². The Bertz CT molecular complexity index is 704. The molecule has 0 spiro atoms. The first-order valence-corrected chi connectivity index (χ1v) is 7.68. The molecule has 0 saturated heterocycles. The highest BCUT2D eigenvalue weighted by Crippen LogP contribution is 2.36. The number of aromatic nitrogens is 1. The molecule has 2 aliphatic rings. The van der Waals surface area contributed by atoms with Crippen LogP contribution >= 0.6 is 0 Å². The van der Waals surface area contributed by atoms with Crippen LogP contribution in [0.4, 0.5) is 5.82 Å². The highest BCUT2D eigenvalue weighted by atomic mass is 16.2. The fourth-order valence-electron chi connectivity index (χ4n) is 2.89. The van der Waals surface area contributed by atoms with Crippen molar-refractivity contribution in [2.45, 2.75) is 31.7 Å². The van der Waals surface area contributed by atoms with Gasteiger partial charge < -0.3 is 10.6 Å². The van der Waals surface area contributed by atoms with Gasteiger partial charge in [-0.1, -0.05) is 18.2 Å². The second-order valence-corrected chi connectivity index (χ2v) is 6.24. The molecule has 2 fully saturated rings. The molecule has 2 aliphatic carbocycles. The number of carbonyl (C=O) groups excluding carboxylic acids is 1. The molecule has 2 saturated carbocycles. The van der Waals surface area contributed by atoms with Gasteiger partial charge in [0.25, 0.3) is 5.91 Å². The normalized spacial score (nSPS) is 17.9. The van der Waals surface area contributed by atoms with Crippen molar-refractivity contribution in [2.24, 2.45) is 5.92 Å². The van der Waals surface area contributed by atoms with Crippen molar-refractivity contribution in [3.63, 3.8) is 0 Å². The van der Waals surface area contributed by atoms with Gasteiger partial charge in [-0.25, -0.2) is 4.98 Å². The number of nitrogen functional groups attached to an aromatic ring is 1. The Morgan fingerprint density at radius 1 is 1.24 bits per heavy atom. The van der Waals surface area contributed by atoms with Crippen LogP contribution in [0.1, 0.15) is 36.0 Å². The van der Waals surface area contributed by atoms with E-state index in [-0.39, 0.29) is 5.91 Å². The molecule has 1 aromatic carbocycles. The lowest BCUT2D eigenvalue weighted by atomic mass is 10.1. The topological polar surface area (TPSA) is 59.2 Å². The van der Waals surface area contributed by atoms with Gasteiger partial charge in [-0.3, -0.25) is 4.79 Å². The van der Waals surface area contributed by atoms with Crippen LogP contribution in [0.2, 0.25) is 0 Å². The average molecular weight is 281 g/mol. The summed E-state index contributed by atoms with van der Waals surface area (Å²) < 4.78 is 0. The zero-order chi connectivity index (χ0) is 14.4. The lowest BCUT2D eigenvalue weighted by Gasteiger charge is -2.23. The maximum atomic E-state index is 13.0. The first-order valence-electron chi connectivity index (χ1n) is 7.68. The van der Waals surface area contributed by atoms with Gasteiger partial charge in [-0.15, -0.1) is 0 Å². The van der Waals surface area contributed by atoms with Crippen molar-refractivity contribution in [1.29, 1.82) is 0 Å². The molecule has 0 bridgehead atoms. The van der Waals surface area contributed by atoms with Gasteiger partial charge in [-0.2, -0.15) is 0 Å². The summed E-state index contributed by atoms with van der Waals surface area (Å²) in [6.45, 7) is 0.903. The molecule has 21 heavy (non-hydrogen) atoms. The second kappa shape index (κ2) is 4.72. The molecule has 4 heteroatoms. The Morgan fingerprint density at radius 2 is 2.00 bits per heavy atom. The SMILES string of the molecule is Nc1cc(C(=O)N(CC2CC2)C2CC2)c2ccccc2n1. The van der Waals surface area contributed by atoms with E-state index in [1.165, 1.54) is 12.8 Å². The van der Waals surface area contributed by atoms with E-state index in [1.54, 1.807) is 6.07 Å². The van der Waals surface area contributed by atoms with Gasteiger partial charge in [-0.05, 0) is 43.7 Å². The lowest BCUT2D eigenvalue weighted by molar-refractivity contribution is 0.0737. The average Bonchev–Trinajstić information content (AvgIpc) is 3.36. The van der Waals surface area contributed by atoms with E-state index in [9.17, 15) is 4.79 Å². The number of carbonyl (C=O) groups is 1. The summed E-state index contributed by atoms with van der Waals surface area (Å²) in [5, 5.41) is 0.901. The summed E-state index contributed by atoms with van der Waals surface area (Å²) in [6, 6.07) is 9.89. The Hall–Kier alpha value is -2.10. The van der Waals surface area contributed by atoms with Crippen LogP contribution in [0.5, 0.6) is 0 Å². The molecule has 0 aliphatic heterocycles. The Balaban J connectivity index is 1.75. The fraction of sp³-hybridized carbons (Fsp3) is 0.412. The van der Waals surface area contributed by atoms with Crippen molar-refractivity contribution in [2.75, 3.05) is 12.3 Å². The molecule has 1 aromatic heterocycles. The number of para-hydroxylation sites is 1. The highest BCUT2D eigenvalue weighted by molar-refractivity contribution is 6.07. The largest absolute Gasteiger partial charge is 0.384 e. The number of anilines is 1. The third-order valence-corrected chi connectivity index (χ3v) is 4.37. The summed E-state index contributed by atoms with van der Waals surface area (Å²) in [6.07, 6.45) is 4.79. The first kappa shape index (κ1) is 12.6. The van der Waals surface area contributed by atoms with E-state index >= 15 is 0 Å². The van der Waals surface area contributed by atoms with Crippen LogP contribution in [-0.4, -0.2) is 28.4 Å². The fourth-order valence-corrected chi connectivity index (χ4v) is 2.89. The molecule has 2 aromatic rings. The first-order chi connectivity index (χ1) is 10.2. The molecule has 1 heterocycles. The number of amides is 1. The molecule has 4 rings (SSSR count). The standard InChI is InChI=1S/C17H19N3O/c18-16-9-14(13-3-1-2-4-15(13)19-16)17(21)20(12-7-8-12)10-11-5-6-11/h1-4,9,11-12H,5-8,10H2,(H2,18,19). The molecule has 0 radical (unpaired) electrons. The van der Waals surface area contributed by atoms with Crippen LogP contribution in [0.3, 0.4) is 0 Å². The molecule has 2 N–H and O–H groups in total. The van der Waals surface area contributed by atoms with Crippen LogP contribution in [-0.2, 0) is 0 Å². The van der Waals surface area contributed by atoms with Gasteiger partial charge in [0.05, 0.1) is 11.1 Å². The molecular weight excluding hydrogens is 262 g/mol. The third-order valence-electron chi connectivity index (χ3n) is 4.37. The molecule has 0 atom stereocenters. The van der Waals surface area contributed by atoms with E-state index < -0.39 is 0 Å². The van der Waals surface area contributed by atoms with Crippen LogP contribution in [0.15, 0.2) is 30.3 Å². The maximum absolute atomic E-state index is 13.0. The number of nitrogens with zero attached hydrogens (tertiary/aromatic N) is 2. The summed E-state index contributed by atoms with van der Waals surface area (Å²) >= 11 is 0. The van der Waals surface area contributed by atoms with Gasteiger partial charge in [0.15, 0.2) is 0 Å². The number of rotatable bonds is 4. The molecule has 0 unspecified atom stereocenters. The van der Waals surface area contributed by atoms with Crippen LogP contribution in [0, 0.1) is 5.92 Å². The second-order valence-electron chi connectivity index (χ2n) is 6.24. The number of hydrogen-bond donors (Lipinski definition) is 1. The van der Waals surface area contributed by atoms with Gasteiger partial charge in [0.1, 0.15) is 5.82 Å². The van der Waals surface area contributed by atoms with Crippen molar-refractivity contribution in [1.82, 2.24) is 9.88 Å². The van der Waals surface area contributed by atoms with Crippen molar-refractivity contribution in [3.8, 4) is 0 Å². The minimum Gasteiger partial charge on any atom is -0.384 e. The highest BCUT2D eigenvalue weighted by Gasteiger charge is 2.37. The molecular formula is C17H19N3O. The van der Waals surface area contributed by atoms with E-state index in [1.807, 2.05) is 24.3 Å². The zero-order valence-corrected chi connectivity index (χ0v) is 12.0. The van der Waals surface area contributed by atoms with Gasteiger partial charge in [0, 0.05) is 18.0 Å². The number of fused-ring (bicyclic) bond motifs is 1. The van der Waals surface area contributed by atoms with Crippen molar-refractivity contribution in [3.05, 3.63) is 35.9 Å². The number of pyridine rings is 1. The molecule has 1 amide bonds. The maximum Gasteiger partial charge on any atom is 0.254 e. The Morgan fingerprint density at radius 3 is 2.71 bits per heavy atom. The zero-order valence-electron chi connectivity index (χ0n) is 12.0. The molecule has 108 valence electrons. The predicted molar refractivity (Wildman–Crippen MR) is 82.9 cm³/mol. The lowest BCUT2D eigenvalue weighted by Crippen LogP contribution is -2.35. The van der Waals surface area contributed by atoms with Crippen molar-refractivity contribution < 1.29 is 4.79 Å². The minimum atomic E-state index is 0.120. The summed E-state index contributed by atoms with van der Waals surface area (Å²) in [5.41, 5.74) is 7.38. The quantitative estimate of drug-likeness (QED) is 0.937. The number of hydrogen-bond acceptors (Lipinski definition) is 3. The summed E-state index contributed by atoms with van der Waals surface area (Å²) in [7, 11) is 0. The Kier molecular flexibility index (Phi) is 2.84. The van der Waals surface area contributed by atoms with E-state index in [2.05, 4.69) is 9.88 Å². The van der Waals surface area contributed by atoms with Gasteiger partial charge in [0.2, 0.25) is 0 Å². The molecule has 4 nitrogen and oxygen atoms in total. The number of nitrogens with two attached hydrogens (primary N) is 1. The predicted octanol–water partition coefficient (Wildman–Crippen LogP) is 2.83. The third kappa shape index (κ3) is 2.46. The number of benzene rings is 1. The van der Waals surface area contributed by atoms with E-state index in [0.717, 1.165) is 30.3 Å². The van der Waals surface area contributed by atoms with E-state index in [0.29, 0.717) is 23.3 Å². The monoisotopic (exact) mass is 281 g/mol. The summed E-state index contributed by atoms with van der Waals surface area (Å²) in [4.78, 5) is 19.4. The minimum absolute atomic E-state index is 0.120. The van der Waals surface area contributed by atoms with Crippen LogP contribution < -0.4 is 5.73 Å². The van der Waals surface area contributed by atoms with E-state index in [4.69, 9.17) is 5.73 Å². The van der Waals surface area contributed by atoms with Crippen molar-refractivity contribution >= 4 is 22.6 Å².